The Bertz CT molecular complexity index is 951. The van der Waals surface area contributed by atoms with Crippen molar-refractivity contribution < 1.29 is 19.1 Å². The van der Waals surface area contributed by atoms with Crippen LogP contribution in [0.1, 0.15) is 25.6 Å². The molecule has 0 bridgehead atoms. The number of carbonyl (C=O) groups is 3. The van der Waals surface area contributed by atoms with Crippen LogP contribution in [0, 0.1) is 0 Å². The molecule has 2 aromatic carbocycles. The van der Waals surface area contributed by atoms with E-state index in [1.807, 2.05) is 18.2 Å². The lowest BCUT2D eigenvalue weighted by Crippen LogP contribution is -2.31. The summed E-state index contributed by atoms with van der Waals surface area (Å²) < 4.78 is 5.16. The highest BCUT2D eigenvalue weighted by Gasteiger charge is 2.21. The predicted molar refractivity (Wildman–Crippen MR) is 104 cm³/mol. The number of hydrogen-bond acceptors (Lipinski definition) is 5. The van der Waals surface area contributed by atoms with Gasteiger partial charge in [0.05, 0.1) is 10.4 Å². The summed E-state index contributed by atoms with van der Waals surface area (Å²) in [5.41, 5.74) is 1.10. The first kappa shape index (κ1) is 18.5. The average molecular weight is 379 g/mol. The zero-order chi connectivity index (χ0) is 19.2. The van der Waals surface area contributed by atoms with Crippen LogP contribution in [0.2, 0.25) is 0 Å². The van der Waals surface area contributed by atoms with Crippen LogP contribution in [0.3, 0.4) is 0 Å². The number of anilines is 1. The zero-order valence-corrected chi connectivity index (χ0v) is 15.4. The van der Waals surface area contributed by atoms with Crippen molar-refractivity contribution in [3.63, 3.8) is 0 Å². The van der Waals surface area contributed by atoms with Gasteiger partial charge in [-0.2, -0.15) is 0 Å². The minimum atomic E-state index is -0.703. The molecule has 0 radical (unpaired) electrons. The largest absolute Gasteiger partial charge is 0.452 e. The Balaban J connectivity index is 1.70. The number of hydrogen-bond donors (Lipinski definition) is 0. The third-order valence-corrected chi connectivity index (χ3v) is 4.85. The van der Waals surface area contributed by atoms with Gasteiger partial charge in [-0.05, 0) is 29.6 Å². The van der Waals surface area contributed by atoms with E-state index in [1.165, 1.54) is 22.3 Å². The quantitative estimate of drug-likeness (QED) is 0.483. The first-order valence-corrected chi connectivity index (χ1v) is 9.12. The molecule has 0 fully saturated rings. The number of ketones is 1. The lowest BCUT2D eigenvalue weighted by molar-refractivity contribution is -0.121. The fourth-order valence-electron chi connectivity index (χ4n) is 2.50. The number of thiophene rings is 1. The number of rotatable bonds is 6. The second-order valence-corrected chi connectivity index (χ2v) is 6.66. The standard InChI is InChI=1S/C21H17NO4S/c1-22(15-8-3-2-4-9-15)19(23)14-26-21(25)17-11-6-5-10-16(17)20(24)18-12-7-13-27-18/h2-13H,14H2,1H3. The Labute approximate surface area is 160 Å². The van der Waals surface area contributed by atoms with Crippen molar-refractivity contribution in [1.82, 2.24) is 0 Å². The molecule has 0 aliphatic rings. The molecule has 136 valence electrons. The zero-order valence-electron chi connectivity index (χ0n) is 14.6. The molecule has 0 saturated heterocycles. The van der Waals surface area contributed by atoms with Crippen molar-refractivity contribution in [1.29, 1.82) is 0 Å². The van der Waals surface area contributed by atoms with Gasteiger partial charge in [-0.3, -0.25) is 9.59 Å². The third-order valence-electron chi connectivity index (χ3n) is 3.98. The highest BCUT2D eigenvalue weighted by molar-refractivity contribution is 7.12. The van der Waals surface area contributed by atoms with Crippen molar-refractivity contribution in [3.8, 4) is 0 Å². The van der Waals surface area contributed by atoms with Gasteiger partial charge in [-0.15, -0.1) is 11.3 Å². The fourth-order valence-corrected chi connectivity index (χ4v) is 3.17. The maximum absolute atomic E-state index is 12.6. The van der Waals surface area contributed by atoms with Crippen molar-refractivity contribution in [2.24, 2.45) is 0 Å². The van der Waals surface area contributed by atoms with E-state index < -0.39 is 12.6 Å². The monoisotopic (exact) mass is 379 g/mol. The molecule has 0 spiro atoms. The summed E-state index contributed by atoms with van der Waals surface area (Å²) in [4.78, 5) is 39.3. The lowest BCUT2D eigenvalue weighted by atomic mass is 10.0. The highest BCUT2D eigenvalue weighted by atomic mass is 32.1. The number of ether oxygens (including phenoxy) is 1. The molecule has 0 unspecified atom stereocenters. The number of benzene rings is 2. The molecule has 6 heteroatoms. The molecule has 27 heavy (non-hydrogen) atoms. The van der Waals surface area contributed by atoms with E-state index in [1.54, 1.807) is 54.9 Å². The van der Waals surface area contributed by atoms with E-state index in [9.17, 15) is 14.4 Å². The van der Waals surface area contributed by atoms with Crippen LogP contribution < -0.4 is 4.90 Å². The molecule has 1 heterocycles. The van der Waals surface area contributed by atoms with Crippen LogP contribution in [0.4, 0.5) is 5.69 Å². The molecule has 1 amide bonds. The van der Waals surface area contributed by atoms with Gasteiger partial charge in [0.25, 0.3) is 5.91 Å². The van der Waals surface area contributed by atoms with E-state index >= 15 is 0 Å². The second-order valence-electron chi connectivity index (χ2n) is 5.72. The molecular weight excluding hydrogens is 362 g/mol. The summed E-state index contributed by atoms with van der Waals surface area (Å²) in [5, 5.41) is 1.80. The Morgan fingerprint density at radius 3 is 2.22 bits per heavy atom. The van der Waals surface area contributed by atoms with Gasteiger partial charge in [0.2, 0.25) is 5.78 Å². The van der Waals surface area contributed by atoms with Crippen molar-refractivity contribution in [2.45, 2.75) is 0 Å². The van der Waals surface area contributed by atoms with E-state index in [-0.39, 0.29) is 22.8 Å². The number of carbonyl (C=O) groups excluding carboxylic acids is 3. The molecule has 1 aromatic heterocycles. The Kier molecular flexibility index (Phi) is 5.78. The van der Waals surface area contributed by atoms with E-state index in [0.717, 1.165) is 0 Å². The van der Waals surface area contributed by atoms with Crippen LogP contribution in [-0.4, -0.2) is 31.3 Å². The predicted octanol–water partition coefficient (Wildman–Crippen LogP) is 3.80. The van der Waals surface area contributed by atoms with Crippen molar-refractivity contribution in [3.05, 3.63) is 88.1 Å². The third kappa shape index (κ3) is 4.30. The molecule has 3 rings (SSSR count). The Morgan fingerprint density at radius 1 is 0.889 bits per heavy atom. The van der Waals surface area contributed by atoms with Gasteiger partial charge in [-0.1, -0.05) is 42.5 Å². The van der Waals surface area contributed by atoms with Crippen LogP contribution in [0.5, 0.6) is 0 Å². The smallest absolute Gasteiger partial charge is 0.339 e. The van der Waals surface area contributed by atoms with E-state index in [2.05, 4.69) is 0 Å². The first-order chi connectivity index (χ1) is 13.1. The molecule has 0 saturated carbocycles. The number of esters is 1. The lowest BCUT2D eigenvalue weighted by Gasteiger charge is -2.17. The summed E-state index contributed by atoms with van der Waals surface area (Å²) in [6.45, 7) is -0.411. The minimum absolute atomic E-state index is 0.145. The fraction of sp³-hybridized carbons (Fsp3) is 0.0952. The molecule has 5 nitrogen and oxygen atoms in total. The number of amides is 1. The highest BCUT2D eigenvalue weighted by Crippen LogP contribution is 2.19. The molecule has 0 aliphatic heterocycles. The molecule has 0 aliphatic carbocycles. The van der Waals surface area contributed by atoms with Gasteiger partial charge >= 0.3 is 5.97 Å². The van der Waals surface area contributed by atoms with E-state index in [4.69, 9.17) is 4.74 Å². The number of para-hydroxylation sites is 1. The Morgan fingerprint density at radius 2 is 1.56 bits per heavy atom. The van der Waals surface area contributed by atoms with E-state index in [0.29, 0.717) is 10.6 Å². The summed E-state index contributed by atoms with van der Waals surface area (Å²) in [5.74, 6) is -1.31. The topological polar surface area (TPSA) is 63.7 Å². The van der Waals surface area contributed by atoms with Crippen LogP contribution in [0.25, 0.3) is 0 Å². The molecule has 3 aromatic rings. The van der Waals surface area contributed by atoms with Gasteiger partial charge in [0.15, 0.2) is 6.61 Å². The Hall–Kier alpha value is -3.25. The number of nitrogens with zero attached hydrogens (tertiary/aromatic N) is 1. The van der Waals surface area contributed by atoms with Crippen molar-refractivity contribution >= 4 is 34.7 Å². The molecule has 0 N–H and O–H groups in total. The molecule has 0 atom stereocenters. The first-order valence-electron chi connectivity index (χ1n) is 8.24. The normalized spacial score (nSPS) is 10.3. The summed E-state index contributed by atoms with van der Waals surface area (Å²) in [7, 11) is 1.61. The second kappa shape index (κ2) is 8.42. The summed E-state index contributed by atoms with van der Waals surface area (Å²) in [6.07, 6.45) is 0. The van der Waals surface area contributed by atoms with Gasteiger partial charge < -0.3 is 9.64 Å². The summed E-state index contributed by atoms with van der Waals surface area (Å²) in [6, 6.07) is 19.0. The van der Waals surface area contributed by atoms with Gasteiger partial charge in [-0.25, -0.2) is 4.79 Å². The SMILES string of the molecule is CN(C(=O)COC(=O)c1ccccc1C(=O)c1cccs1)c1ccccc1. The average Bonchev–Trinajstić information content (AvgIpc) is 3.26. The minimum Gasteiger partial charge on any atom is -0.452 e. The van der Waals surface area contributed by atoms with Gasteiger partial charge in [0.1, 0.15) is 0 Å². The van der Waals surface area contributed by atoms with Crippen LogP contribution >= 0.6 is 11.3 Å². The summed E-state index contributed by atoms with van der Waals surface area (Å²) >= 11 is 1.30. The molecular formula is C21H17NO4S. The maximum atomic E-state index is 12.6. The van der Waals surface area contributed by atoms with Crippen LogP contribution in [-0.2, 0) is 9.53 Å². The number of likely N-dealkylation sites (N-methyl/N-ethyl adjacent to an activating group) is 1. The van der Waals surface area contributed by atoms with Crippen LogP contribution in [0.15, 0.2) is 72.1 Å². The van der Waals surface area contributed by atoms with Crippen molar-refractivity contribution in [2.75, 3.05) is 18.6 Å². The van der Waals surface area contributed by atoms with Gasteiger partial charge in [0, 0.05) is 18.3 Å². The maximum Gasteiger partial charge on any atom is 0.339 e.